The third-order valence-electron chi connectivity index (χ3n) is 3.58. The van der Waals surface area contributed by atoms with Gasteiger partial charge in [-0.05, 0) is 51.4 Å². The topological polar surface area (TPSA) is 26.3 Å². The molecule has 0 amide bonds. The van der Waals surface area contributed by atoms with Gasteiger partial charge < -0.3 is 4.74 Å². The number of rotatable bonds is 16. The smallest absolute Gasteiger partial charge is 0.306 e. The molecule has 0 unspecified atom stereocenters. The number of ether oxygens (including phenoxy) is 1. The number of carbonyl (C=O) groups is 1. The average Bonchev–Trinajstić information content (AvgIpc) is 2.68. The highest BCUT2D eigenvalue weighted by molar-refractivity contribution is 5.69. The van der Waals surface area contributed by atoms with E-state index in [1.54, 1.807) is 0 Å². The number of hydrogen-bond donors (Lipinski definition) is 0. The van der Waals surface area contributed by atoms with E-state index in [-0.39, 0.29) is 5.97 Å². The Labute approximate surface area is 167 Å². The Morgan fingerprint density at radius 1 is 0.630 bits per heavy atom. The van der Waals surface area contributed by atoms with E-state index in [0.29, 0.717) is 13.0 Å². The van der Waals surface area contributed by atoms with Crippen LogP contribution in [0.5, 0.6) is 0 Å². The summed E-state index contributed by atoms with van der Waals surface area (Å²) in [5.74, 6) is -0.101. The molecule has 0 aliphatic rings. The molecular formula is C25H38O2. The SMILES string of the molecule is CC/C=C/C/C=C/C/C=C/C/C=C/C/C=C\C/C=C/CCC(=O)OCCC. The summed E-state index contributed by atoms with van der Waals surface area (Å²) >= 11 is 0. The molecule has 0 N–H and O–H groups in total. The molecule has 0 aromatic heterocycles. The minimum absolute atomic E-state index is 0.101. The van der Waals surface area contributed by atoms with E-state index >= 15 is 0 Å². The largest absolute Gasteiger partial charge is 0.466 e. The first-order valence-corrected chi connectivity index (χ1v) is 10.4. The van der Waals surface area contributed by atoms with Gasteiger partial charge in [0.1, 0.15) is 0 Å². The van der Waals surface area contributed by atoms with Crippen LogP contribution in [0.4, 0.5) is 0 Å². The minimum Gasteiger partial charge on any atom is -0.466 e. The fourth-order valence-electron chi connectivity index (χ4n) is 2.13. The van der Waals surface area contributed by atoms with E-state index in [4.69, 9.17) is 4.74 Å². The van der Waals surface area contributed by atoms with Crippen LogP contribution in [0.15, 0.2) is 72.9 Å². The van der Waals surface area contributed by atoms with Crippen LogP contribution in [0.3, 0.4) is 0 Å². The van der Waals surface area contributed by atoms with E-state index in [0.717, 1.165) is 51.4 Å². The molecule has 0 spiro atoms. The standard InChI is InChI=1S/C25H38O2/c1-3-5-6-7-8-9-10-11-12-13-14-15-16-17-18-19-20-21-22-23-25(26)27-24-4-2/h5-6,8-9,11-12,14-15,17-18,20-21H,3-4,7,10,13,16,19,22-24H2,1-2H3/b6-5+,9-8+,12-11+,15-14+,18-17-,21-20+. The Balaban J connectivity index is 3.54. The molecule has 150 valence electrons. The number of esters is 1. The van der Waals surface area contributed by atoms with Crippen molar-refractivity contribution in [1.82, 2.24) is 0 Å². The lowest BCUT2D eigenvalue weighted by Gasteiger charge is -1.99. The summed E-state index contributed by atoms with van der Waals surface area (Å²) in [4.78, 5) is 11.3. The molecular weight excluding hydrogens is 332 g/mol. The monoisotopic (exact) mass is 370 g/mol. The maximum Gasteiger partial charge on any atom is 0.306 e. The highest BCUT2D eigenvalue weighted by atomic mass is 16.5. The minimum atomic E-state index is -0.101. The molecule has 0 atom stereocenters. The predicted octanol–water partition coefficient (Wildman–Crippen LogP) is 7.42. The zero-order valence-corrected chi connectivity index (χ0v) is 17.3. The Morgan fingerprint density at radius 2 is 1.04 bits per heavy atom. The fourth-order valence-corrected chi connectivity index (χ4v) is 2.13. The average molecular weight is 371 g/mol. The van der Waals surface area contributed by atoms with Crippen LogP contribution >= 0.6 is 0 Å². The van der Waals surface area contributed by atoms with Gasteiger partial charge in [0.05, 0.1) is 6.61 Å². The van der Waals surface area contributed by atoms with Gasteiger partial charge in [-0.15, -0.1) is 0 Å². The van der Waals surface area contributed by atoms with Crippen LogP contribution in [-0.4, -0.2) is 12.6 Å². The maximum atomic E-state index is 11.3. The molecule has 0 rings (SSSR count). The summed E-state index contributed by atoms with van der Waals surface area (Å²) in [7, 11) is 0. The first-order chi connectivity index (χ1) is 13.3. The molecule has 27 heavy (non-hydrogen) atoms. The quantitative estimate of drug-likeness (QED) is 0.209. The first kappa shape index (κ1) is 24.9. The molecule has 0 aromatic rings. The molecule has 0 radical (unpaired) electrons. The molecule has 0 bridgehead atoms. The van der Waals surface area contributed by atoms with Crippen LogP contribution in [0, 0.1) is 0 Å². The van der Waals surface area contributed by atoms with Crippen molar-refractivity contribution in [1.29, 1.82) is 0 Å². The van der Waals surface area contributed by atoms with Gasteiger partial charge >= 0.3 is 5.97 Å². The van der Waals surface area contributed by atoms with Gasteiger partial charge in [0.15, 0.2) is 0 Å². The molecule has 0 heterocycles. The van der Waals surface area contributed by atoms with Gasteiger partial charge in [-0.2, -0.15) is 0 Å². The molecule has 0 fully saturated rings. The van der Waals surface area contributed by atoms with E-state index < -0.39 is 0 Å². The van der Waals surface area contributed by atoms with Crippen molar-refractivity contribution >= 4 is 5.97 Å². The second-order valence-electron chi connectivity index (χ2n) is 6.17. The molecule has 2 heteroatoms. The van der Waals surface area contributed by atoms with E-state index in [9.17, 15) is 4.79 Å². The molecule has 0 aromatic carbocycles. The van der Waals surface area contributed by atoms with Crippen molar-refractivity contribution in [2.75, 3.05) is 6.61 Å². The normalized spacial score (nSPS) is 12.8. The van der Waals surface area contributed by atoms with Crippen LogP contribution in [-0.2, 0) is 9.53 Å². The number of carbonyl (C=O) groups excluding carboxylic acids is 1. The van der Waals surface area contributed by atoms with Gasteiger partial charge in [-0.25, -0.2) is 0 Å². The van der Waals surface area contributed by atoms with Gasteiger partial charge in [0.2, 0.25) is 0 Å². The zero-order chi connectivity index (χ0) is 19.8. The highest BCUT2D eigenvalue weighted by Gasteiger charge is 1.98. The highest BCUT2D eigenvalue weighted by Crippen LogP contribution is 1.99. The Bertz CT molecular complexity index is 504. The molecule has 0 aliphatic carbocycles. The summed E-state index contributed by atoms with van der Waals surface area (Å²) in [6.45, 7) is 4.68. The Kier molecular flexibility index (Phi) is 20.3. The predicted molar refractivity (Wildman–Crippen MR) is 119 cm³/mol. The summed E-state index contributed by atoms with van der Waals surface area (Å²) in [6.07, 6.45) is 34.3. The van der Waals surface area contributed by atoms with Gasteiger partial charge in [0, 0.05) is 6.42 Å². The van der Waals surface area contributed by atoms with Crippen molar-refractivity contribution in [3.8, 4) is 0 Å². The molecule has 0 saturated heterocycles. The molecule has 0 aliphatic heterocycles. The van der Waals surface area contributed by atoms with E-state index in [1.165, 1.54) is 0 Å². The van der Waals surface area contributed by atoms with E-state index in [1.807, 2.05) is 13.0 Å². The van der Waals surface area contributed by atoms with Gasteiger partial charge in [-0.1, -0.05) is 86.8 Å². The summed E-state index contributed by atoms with van der Waals surface area (Å²) in [5.41, 5.74) is 0. The van der Waals surface area contributed by atoms with Crippen molar-refractivity contribution < 1.29 is 9.53 Å². The van der Waals surface area contributed by atoms with Gasteiger partial charge in [-0.3, -0.25) is 4.79 Å². The number of allylic oxidation sites excluding steroid dienone is 12. The van der Waals surface area contributed by atoms with Crippen molar-refractivity contribution in [3.63, 3.8) is 0 Å². The summed E-state index contributed by atoms with van der Waals surface area (Å²) in [5, 5.41) is 0. The first-order valence-electron chi connectivity index (χ1n) is 10.4. The van der Waals surface area contributed by atoms with E-state index in [2.05, 4.69) is 73.8 Å². The Hall–Kier alpha value is -2.09. The zero-order valence-electron chi connectivity index (χ0n) is 17.3. The van der Waals surface area contributed by atoms with Crippen LogP contribution in [0.1, 0.15) is 71.6 Å². The lowest BCUT2D eigenvalue weighted by atomic mass is 10.2. The lowest BCUT2D eigenvalue weighted by molar-refractivity contribution is -0.143. The van der Waals surface area contributed by atoms with Crippen molar-refractivity contribution in [2.24, 2.45) is 0 Å². The summed E-state index contributed by atoms with van der Waals surface area (Å²) < 4.78 is 5.02. The second kappa shape index (κ2) is 22.0. The van der Waals surface area contributed by atoms with Gasteiger partial charge in [0.25, 0.3) is 0 Å². The van der Waals surface area contributed by atoms with Crippen LogP contribution in [0.2, 0.25) is 0 Å². The second-order valence-corrected chi connectivity index (χ2v) is 6.17. The van der Waals surface area contributed by atoms with Crippen LogP contribution in [0.25, 0.3) is 0 Å². The number of hydrogen-bond acceptors (Lipinski definition) is 2. The lowest BCUT2D eigenvalue weighted by Crippen LogP contribution is -2.03. The van der Waals surface area contributed by atoms with Crippen LogP contribution < -0.4 is 0 Å². The third-order valence-corrected chi connectivity index (χ3v) is 3.58. The Morgan fingerprint density at radius 3 is 1.44 bits per heavy atom. The summed E-state index contributed by atoms with van der Waals surface area (Å²) in [6, 6.07) is 0. The molecule has 2 nitrogen and oxygen atoms in total. The fraction of sp³-hybridized carbons (Fsp3) is 0.480. The third kappa shape index (κ3) is 21.9. The van der Waals surface area contributed by atoms with Crippen molar-refractivity contribution in [2.45, 2.75) is 71.6 Å². The maximum absolute atomic E-state index is 11.3. The van der Waals surface area contributed by atoms with Crippen molar-refractivity contribution in [3.05, 3.63) is 72.9 Å². The molecule has 0 saturated carbocycles.